The Labute approximate surface area is 188 Å². The van der Waals surface area contributed by atoms with Crippen LogP contribution in [0.3, 0.4) is 0 Å². The van der Waals surface area contributed by atoms with Gasteiger partial charge in [0.1, 0.15) is 5.75 Å². The third-order valence-electron chi connectivity index (χ3n) is 5.25. The number of sulfonamides is 1. The number of fused-ring (bicyclic) bond motifs is 1. The molecule has 3 aromatic rings. The molecular formula is C24H25N3O4S. The van der Waals surface area contributed by atoms with E-state index in [0.717, 1.165) is 16.9 Å². The summed E-state index contributed by atoms with van der Waals surface area (Å²) < 4.78 is 32.8. The van der Waals surface area contributed by atoms with E-state index in [0.29, 0.717) is 30.9 Å². The molecule has 1 heterocycles. The SMILES string of the molecule is CCOc1ccc(NC(=O)Nc2ccc3c(c2)CN(S(=O)(=O)c2ccccc2)CC3)cc1. The summed E-state index contributed by atoms with van der Waals surface area (Å²) in [5.41, 5.74) is 3.21. The van der Waals surface area contributed by atoms with Crippen LogP contribution in [0.4, 0.5) is 16.2 Å². The number of rotatable bonds is 6. The molecule has 0 spiro atoms. The van der Waals surface area contributed by atoms with Crippen molar-refractivity contribution < 1.29 is 17.9 Å². The number of nitrogens with zero attached hydrogens (tertiary/aromatic N) is 1. The van der Waals surface area contributed by atoms with Gasteiger partial charge in [-0.2, -0.15) is 4.31 Å². The van der Waals surface area contributed by atoms with Gasteiger partial charge in [0.2, 0.25) is 10.0 Å². The summed E-state index contributed by atoms with van der Waals surface area (Å²) >= 11 is 0. The number of carbonyl (C=O) groups excluding carboxylic acids is 1. The Morgan fingerprint density at radius 3 is 2.34 bits per heavy atom. The van der Waals surface area contributed by atoms with Gasteiger partial charge in [0.05, 0.1) is 11.5 Å². The molecule has 1 aliphatic rings. The quantitative estimate of drug-likeness (QED) is 0.579. The van der Waals surface area contributed by atoms with Gasteiger partial charge in [-0.05, 0) is 73.0 Å². The van der Waals surface area contributed by atoms with Crippen molar-refractivity contribution in [2.24, 2.45) is 0 Å². The van der Waals surface area contributed by atoms with Crippen molar-refractivity contribution in [2.45, 2.75) is 24.8 Å². The Bertz CT molecular complexity index is 1200. The van der Waals surface area contributed by atoms with Gasteiger partial charge in [-0.25, -0.2) is 13.2 Å². The van der Waals surface area contributed by atoms with Crippen LogP contribution in [-0.4, -0.2) is 31.9 Å². The minimum Gasteiger partial charge on any atom is -0.494 e. The lowest BCUT2D eigenvalue weighted by molar-refractivity contribution is 0.262. The van der Waals surface area contributed by atoms with E-state index in [1.807, 2.05) is 25.1 Å². The maximum absolute atomic E-state index is 13.0. The summed E-state index contributed by atoms with van der Waals surface area (Å²) in [6.07, 6.45) is 0.625. The molecule has 0 aliphatic carbocycles. The summed E-state index contributed by atoms with van der Waals surface area (Å²) in [6.45, 7) is 3.18. The highest BCUT2D eigenvalue weighted by molar-refractivity contribution is 7.89. The van der Waals surface area contributed by atoms with E-state index in [-0.39, 0.29) is 17.5 Å². The van der Waals surface area contributed by atoms with Crippen LogP contribution >= 0.6 is 0 Å². The molecule has 0 atom stereocenters. The highest BCUT2D eigenvalue weighted by Gasteiger charge is 2.28. The summed E-state index contributed by atoms with van der Waals surface area (Å²) in [4.78, 5) is 12.7. The van der Waals surface area contributed by atoms with Gasteiger partial charge in [0, 0.05) is 24.5 Å². The largest absolute Gasteiger partial charge is 0.494 e. The third-order valence-corrected chi connectivity index (χ3v) is 7.10. The normalized spacial score (nSPS) is 13.8. The van der Waals surface area contributed by atoms with E-state index in [1.165, 1.54) is 4.31 Å². The first-order chi connectivity index (χ1) is 15.5. The van der Waals surface area contributed by atoms with Crippen LogP contribution in [0.5, 0.6) is 5.75 Å². The van der Waals surface area contributed by atoms with Crippen LogP contribution in [0, 0.1) is 0 Å². The second kappa shape index (κ2) is 9.42. The standard InChI is InChI=1S/C24H25N3O4S/c1-2-31-22-12-10-20(11-13-22)25-24(28)26-21-9-8-18-14-15-27(17-19(18)16-21)32(29,30)23-6-4-3-5-7-23/h3-13,16H,2,14-15,17H2,1H3,(H2,25,26,28). The average molecular weight is 452 g/mol. The van der Waals surface area contributed by atoms with Gasteiger partial charge in [0.25, 0.3) is 0 Å². The zero-order valence-corrected chi connectivity index (χ0v) is 18.6. The molecule has 8 heteroatoms. The Balaban J connectivity index is 1.43. The summed E-state index contributed by atoms with van der Waals surface area (Å²) in [6, 6.07) is 20.8. The molecule has 3 aromatic carbocycles. The van der Waals surface area contributed by atoms with E-state index in [1.54, 1.807) is 54.6 Å². The van der Waals surface area contributed by atoms with Crippen LogP contribution in [0.25, 0.3) is 0 Å². The molecule has 7 nitrogen and oxygen atoms in total. The fourth-order valence-corrected chi connectivity index (χ4v) is 5.09. The lowest BCUT2D eigenvalue weighted by atomic mass is 10.0. The number of urea groups is 1. The summed E-state index contributed by atoms with van der Waals surface area (Å²) in [5, 5.41) is 5.60. The molecule has 0 saturated heterocycles. The first kappa shape index (κ1) is 21.9. The Hall–Kier alpha value is -3.36. The highest BCUT2D eigenvalue weighted by atomic mass is 32.2. The molecular weight excluding hydrogens is 426 g/mol. The number of amides is 2. The number of hydrogen-bond donors (Lipinski definition) is 2. The minimum atomic E-state index is -3.57. The molecule has 0 aromatic heterocycles. The molecule has 32 heavy (non-hydrogen) atoms. The molecule has 0 radical (unpaired) electrons. The average Bonchev–Trinajstić information content (AvgIpc) is 2.80. The monoisotopic (exact) mass is 451 g/mol. The van der Waals surface area contributed by atoms with Crippen LogP contribution in [0.2, 0.25) is 0 Å². The predicted molar refractivity (Wildman–Crippen MR) is 124 cm³/mol. The highest BCUT2D eigenvalue weighted by Crippen LogP contribution is 2.27. The summed E-state index contributed by atoms with van der Waals surface area (Å²) in [5.74, 6) is 0.739. The van der Waals surface area contributed by atoms with Gasteiger partial charge in [-0.3, -0.25) is 0 Å². The van der Waals surface area contributed by atoms with Crippen LogP contribution in [-0.2, 0) is 23.0 Å². The van der Waals surface area contributed by atoms with Gasteiger partial charge in [-0.1, -0.05) is 24.3 Å². The number of benzene rings is 3. The van der Waals surface area contributed by atoms with Crippen LogP contribution < -0.4 is 15.4 Å². The van der Waals surface area contributed by atoms with Crippen LogP contribution in [0.15, 0.2) is 77.7 Å². The maximum Gasteiger partial charge on any atom is 0.323 e. The molecule has 166 valence electrons. The number of anilines is 2. The van der Waals surface area contributed by atoms with Crippen LogP contribution in [0.1, 0.15) is 18.1 Å². The second-order valence-corrected chi connectivity index (χ2v) is 9.36. The molecule has 2 N–H and O–H groups in total. The zero-order chi connectivity index (χ0) is 22.6. The third kappa shape index (κ3) is 4.92. The molecule has 4 rings (SSSR count). The van der Waals surface area contributed by atoms with E-state index in [9.17, 15) is 13.2 Å². The Morgan fingerprint density at radius 2 is 1.62 bits per heavy atom. The molecule has 0 bridgehead atoms. The number of carbonyl (C=O) groups is 1. The molecule has 2 amide bonds. The van der Waals surface area contributed by atoms with Gasteiger partial charge in [0.15, 0.2) is 0 Å². The van der Waals surface area contributed by atoms with Gasteiger partial charge >= 0.3 is 6.03 Å². The fraction of sp³-hybridized carbons (Fsp3) is 0.208. The topological polar surface area (TPSA) is 87.7 Å². The van der Waals surface area contributed by atoms with Crippen molar-refractivity contribution in [1.82, 2.24) is 4.31 Å². The fourth-order valence-electron chi connectivity index (χ4n) is 3.65. The number of ether oxygens (including phenoxy) is 1. The first-order valence-electron chi connectivity index (χ1n) is 10.4. The van der Waals surface area contributed by atoms with Gasteiger partial charge in [-0.15, -0.1) is 0 Å². The Kier molecular flexibility index (Phi) is 6.43. The lowest BCUT2D eigenvalue weighted by Gasteiger charge is -2.28. The second-order valence-electron chi connectivity index (χ2n) is 7.42. The van der Waals surface area contributed by atoms with E-state index < -0.39 is 10.0 Å². The zero-order valence-electron chi connectivity index (χ0n) is 17.7. The van der Waals surface area contributed by atoms with Crippen molar-refractivity contribution in [3.8, 4) is 5.75 Å². The molecule has 0 fully saturated rings. The number of nitrogens with one attached hydrogen (secondary N) is 2. The van der Waals surface area contributed by atoms with Crippen molar-refractivity contribution in [2.75, 3.05) is 23.8 Å². The molecule has 1 aliphatic heterocycles. The Morgan fingerprint density at radius 1 is 0.938 bits per heavy atom. The van der Waals surface area contributed by atoms with E-state index in [4.69, 9.17) is 4.74 Å². The van der Waals surface area contributed by atoms with Crippen molar-refractivity contribution in [1.29, 1.82) is 0 Å². The molecule has 0 unspecified atom stereocenters. The lowest BCUT2D eigenvalue weighted by Crippen LogP contribution is -2.36. The predicted octanol–water partition coefficient (Wildman–Crippen LogP) is 4.48. The first-order valence-corrected chi connectivity index (χ1v) is 11.9. The number of hydrogen-bond acceptors (Lipinski definition) is 4. The van der Waals surface area contributed by atoms with E-state index >= 15 is 0 Å². The molecule has 0 saturated carbocycles. The van der Waals surface area contributed by atoms with E-state index in [2.05, 4.69) is 10.6 Å². The summed E-state index contributed by atoms with van der Waals surface area (Å²) in [7, 11) is -3.57. The van der Waals surface area contributed by atoms with Crippen molar-refractivity contribution >= 4 is 27.4 Å². The van der Waals surface area contributed by atoms with Crippen molar-refractivity contribution in [3.05, 3.63) is 83.9 Å². The maximum atomic E-state index is 13.0. The van der Waals surface area contributed by atoms with Gasteiger partial charge < -0.3 is 15.4 Å². The smallest absolute Gasteiger partial charge is 0.323 e. The van der Waals surface area contributed by atoms with Crippen molar-refractivity contribution in [3.63, 3.8) is 0 Å². The minimum absolute atomic E-state index is 0.266.